The third-order valence-corrected chi connectivity index (χ3v) is 5.53. The van der Waals surface area contributed by atoms with E-state index in [-0.39, 0.29) is 12.5 Å². The Morgan fingerprint density at radius 1 is 1.11 bits per heavy atom. The first-order chi connectivity index (χ1) is 13.0. The number of carbonyl (C=O) groups is 1. The maximum absolute atomic E-state index is 12.9. The predicted molar refractivity (Wildman–Crippen MR) is 107 cm³/mol. The number of fused-ring (bicyclic) bond motifs is 1. The zero-order valence-electron chi connectivity index (χ0n) is 16.7. The summed E-state index contributed by atoms with van der Waals surface area (Å²) in [7, 11) is 0. The van der Waals surface area contributed by atoms with E-state index in [0.717, 1.165) is 49.5 Å². The number of aromatic nitrogens is 1. The van der Waals surface area contributed by atoms with Crippen LogP contribution in [0, 0.1) is 20.8 Å². The highest BCUT2D eigenvalue weighted by Crippen LogP contribution is 2.28. The molecule has 6 nitrogen and oxygen atoms in total. The lowest BCUT2D eigenvalue weighted by molar-refractivity contribution is -0.132. The van der Waals surface area contributed by atoms with Crippen LogP contribution in [-0.2, 0) is 16.0 Å². The quantitative estimate of drug-likeness (QED) is 0.726. The van der Waals surface area contributed by atoms with Crippen LogP contribution in [0.15, 0.2) is 12.1 Å². The second-order valence-corrected chi connectivity index (χ2v) is 7.41. The molecule has 1 aromatic carbocycles. The average Bonchev–Trinajstić information content (AvgIpc) is 3.00. The number of benzene rings is 1. The van der Waals surface area contributed by atoms with Gasteiger partial charge in [-0.05, 0) is 37.5 Å². The van der Waals surface area contributed by atoms with Crippen molar-refractivity contribution in [2.24, 2.45) is 0 Å². The SMILES string of the molecule is Cc1[nH]c2c(C)ccc(C)c2c1CC(=O)N1CCN(CCOCCO)CC1. The summed E-state index contributed by atoms with van der Waals surface area (Å²) in [6.07, 6.45) is 0.454. The molecule has 3 rings (SSSR count). The fourth-order valence-corrected chi connectivity index (χ4v) is 3.88. The molecule has 2 N–H and O–H groups in total. The maximum Gasteiger partial charge on any atom is 0.227 e. The van der Waals surface area contributed by atoms with Gasteiger partial charge in [0.25, 0.3) is 0 Å². The molecular weight excluding hydrogens is 342 g/mol. The van der Waals surface area contributed by atoms with Crippen molar-refractivity contribution in [3.05, 3.63) is 34.5 Å². The van der Waals surface area contributed by atoms with Crippen molar-refractivity contribution in [3.8, 4) is 0 Å². The highest BCUT2D eigenvalue weighted by atomic mass is 16.5. The van der Waals surface area contributed by atoms with Crippen molar-refractivity contribution in [3.63, 3.8) is 0 Å². The van der Waals surface area contributed by atoms with Crippen LogP contribution in [0.5, 0.6) is 0 Å². The van der Waals surface area contributed by atoms with Crippen LogP contribution in [0.3, 0.4) is 0 Å². The summed E-state index contributed by atoms with van der Waals surface area (Å²) >= 11 is 0. The third-order valence-electron chi connectivity index (χ3n) is 5.53. The van der Waals surface area contributed by atoms with Gasteiger partial charge in [-0.2, -0.15) is 0 Å². The van der Waals surface area contributed by atoms with E-state index in [1.165, 1.54) is 16.5 Å². The number of aliphatic hydroxyl groups is 1. The van der Waals surface area contributed by atoms with Crippen LogP contribution >= 0.6 is 0 Å². The van der Waals surface area contributed by atoms with Crippen molar-refractivity contribution < 1.29 is 14.6 Å². The summed E-state index contributed by atoms with van der Waals surface area (Å²) in [5.74, 6) is 0.205. The van der Waals surface area contributed by atoms with Crippen LogP contribution in [-0.4, -0.2) is 78.3 Å². The molecule has 1 aliphatic rings. The molecule has 1 aliphatic heterocycles. The van der Waals surface area contributed by atoms with Gasteiger partial charge in [0.2, 0.25) is 5.91 Å². The molecule has 1 fully saturated rings. The molecule has 0 saturated carbocycles. The Balaban J connectivity index is 1.60. The molecule has 1 amide bonds. The number of H-pyrrole nitrogens is 1. The minimum atomic E-state index is 0.0640. The first kappa shape index (κ1) is 19.9. The normalized spacial score (nSPS) is 15.6. The van der Waals surface area contributed by atoms with E-state index in [4.69, 9.17) is 9.84 Å². The summed E-state index contributed by atoms with van der Waals surface area (Å²) in [4.78, 5) is 20.7. The van der Waals surface area contributed by atoms with Crippen molar-refractivity contribution in [1.29, 1.82) is 0 Å². The van der Waals surface area contributed by atoms with E-state index >= 15 is 0 Å². The Morgan fingerprint density at radius 3 is 2.52 bits per heavy atom. The summed E-state index contributed by atoms with van der Waals surface area (Å²) < 4.78 is 5.33. The van der Waals surface area contributed by atoms with Gasteiger partial charge in [0.1, 0.15) is 0 Å². The number of carbonyl (C=O) groups excluding carboxylic acids is 1. The van der Waals surface area contributed by atoms with Crippen LogP contribution < -0.4 is 0 Å². The predicted octanol–water partition coefficient (Wildman–Crippen LogP) is 1.79. The molecule has 0 bridgehead atoms. The van der Waals surface area contributed by atoms with E-state index in [1.54, 1.807) is 0 Å². The Kier molecular flexibility index (Phi) is 6.52. The monoisotopic (exact) mass is 373 g/mol. The van der Waals surface area contributed by atoms with Crippen LogP contribution in [0.1, 0.15) is 22.4 Å². The molecule has 0 radical (unpaired) electrons. The molecule has 0 spiro atoms. The van der Waals surface area contributed by atoms with Crippen LogP contribution in [0.25, 0.3) is 10.9 Å². The van der Waals surface area contributed by atoms with Gasteiger partial charge in [-0.25, -0.2) is 0 Å². The second-order valence-electron chi connectivity index (χ2n) is 7.41. The molecule has 2 aromatic rings. The number of aliphatic hydroxyl groups excluding tert-OH is 1. The van der Waals surface area contributed by atoms with Gasteiger partial charge >= 0.3 is 0 Å². The van der Waals surface area contributed by atoms with Gasteiger partial charge in [-0.15, -0.1) is 0 Å². The molecule has 0 unspecified atom stereocenters. The number of hydrogen-bond acceptors (Lipinski definition) is 4. The number of amides is 1. The van der Waals surface area contributed by atoms with Crippen molar-refractivity contribution >= 4 is 16.8 Å². The number of aryl methyl sites for hydroxylation is 3. The van der Waals surface area contributed by atoms with Crippen LogP contribution in [0.4, 0.5) is 0 Å². The van der Waals surface area contributed by atoms with E-state index in [2.05, 4.69) is 42.8 Å². The van der Waals surface area contributed by atoms with Crippen molar-refractivity contribution in [2.75, 3.05) is 52.5 Å². The zero-order chi connectivity index (χ0) is 19.4. The number of nitrogens with one attached hydrogen (secondary N) is 1. The number of nitrogens with zero attached hydrogens (tertiary/aromatic N) is 2. The lowest BCUT2D eigenvalue weighted by Gasteiger charge is -2.34. The Labute approximate surface area is 161 Å². The van der Waals surface area contributed by atoms with Crippen LogP contribution in [0.2, 0.25) is 0 Å². The summed E-state index contributed by atoms with van der Waals surface area (Å²) in [6, 6.07) is 4.26. The molecule has 2 heterocycles. The Bertz CT molecular complexity index is 792. The fourth-order valence-electron chi connectivity index (χ4n) is 3.88. The second kappa shape index (κ2) is 8.87. The minimum Gasteiger partial charge on any atom is -0.394 e. The molecule has 27 heavy (non-hydrogen) atoms. The number of hydrogen-bond donors (Lipinski definition) is 2. The number of ether oxygens (including phenoxy) is 1. The van der Waals surface area contributed by atoms with Gasteiger partial charge in [0.05, 0.1) is 26.2 Å². The van der Waals surface area contributed by atoms with Crippen molar-refractivity contribution in [1.82, 2.24) is 14.8 Å². The van der Waals surface area contributed by atoms with E-state index in [9.17, 15) is 4.79 Å². The van der Waals surface area contributed by atoms with E-state index in [1.807, 2.05) is 4.90 Å². The van der Waals surface area contributed by atoms with Gasteiger partial charge < -0.3 is 19.7 Å². The topological polar surface area (TPSA) is 68.8 Å². The minimum absolute atomic E-state index is 0.0640. The molecule has 1 aromatic heterocycles. The smallest absolute Gasteiger partial charge is 0.227 e. The highest BCUT2D eigenvalue weighted by molar-refractivity contribution is 5.93. The Hall–Kier alpha value is -1.89. The number of piperazine rings is 1. The zero-order valence-corrected chi connectivity index (χ0v) is 16.7. The molecule has 1 saturated heterocycles. The first-order valence-electron chi connectivity index (χ1n) is 9.77. The summed E-state index contributed by atoms with van der Waals surface area (Å²) in [5, 5.41) is 9.95. The lowest BCUT2D eigenvalue weighted by Crippen LogP contribution is -2.49. The summed E-state index contributed by atoms with van der Waals surface area (Å²) in [6.45, 7) is 11.5. The largest absolute Gasteiger partial charge is 0.394 e. The average molecular weight is 373 g/mol. The molecular formula is C21H31N3O3. The number of aromatic amines is 1. The highest BCUT2D eigenvalue weighted by Gasteiger charge is 2.23. The van der Waals surface area contributed by atoms with Gasteiger partial charge in [0.15, 0.2) is 0 Å². The van der Waals surface area contributed by atoms with E-state index in [0.29, 0.717) is 19.6 Å². The van der Waals surface area contributed by atoms with Crippen molar-refractivity contribution in [2.45, 2.75) is 27.2 Å². The first-order valence-corrected chi connectivity index (χ1v) is 9.77. The standard InChI is InChI=1S/C21H31N3O3/c1-15-4-5-16(2)21-20(15)18(17(3)22-21)14-19(26)24-8-6-23(7-9-24)10-12-27-13-11-25/h4-5,22,25H,6-14H2,1-3H3. The maximum atomic E-state index is 12.9. The molecule has 0 atom stereocenters. The molecule has 0 aliphatic carbocycles. The van der Waals surface area contributed by atoms with E-state index < -0.39 is 0 Å². The molecule has 148 valence electrons. The lowest BCUT2D eigenvalue weighted by atomic mass is 10.0. The summed E-state index contributed by atoms with van der Waals surface area (Å²) in [5.41, 5.74) is 5.82. The van der Waals surface area contributed by atoms with Gasteiger partial charge in [-0.3, -0.25) is 9.69 Å². The molecule has 6 heteroatoms. The third kappa shape index (κ3) is 4.51. The van der Waals surface area contributed by atoms with Gasteiger partial charge in [-0.1, -0.05) is 12.1 Å². The Morgan fingerprint density at radius 2 is 1.81 bits per heavy atom. The fraction of sp³-hybridized carbons (Fsp3) is 0.571. The van der Waals surface area contributed by atoms with Gasteiger partial charge in [0, 0.05) is 49.3 Å². The number of rotatable bonds is 7.